The SMILES string of the molecule is COc1c(Br)ccc(C)c1C1CCNCC1. The van der Waals surface area contributed by atoms with E-state index in [4.69, 9.17) is 4.74 Å². The van der Waals surface area contributed by atoms with Gasteiger partial charge in [-0.15, -0.1) is 0 Å². The maximum absolute atomic E-state index is 5.54. The second-order valence-electron chi connectivity index (χ2n) is 4.34. The van der Waals surface area contributed by atoms with Crippen LogP contribution in [0, 0.1) is 6.92 Å². The number of nitrogens with one attached hydrogen (secondary N) is 1. The van der Waals surface area contributed by atoms with Gasteiger partial charge in [-0.1, -0.05) is 6.07 Å². The van der Waals surface area contributed by atoms with Gasteiger partial charge in [0.25, 0.3) is 0 Å². The Kier molecular flexibility index (Phi) is 3.87. The Morgan fingerprint density at radius 3 is 2.62 bits per heavy atom. The van der Waals surface area contributed by atoms with Gasteiger partial charge in [0.15, 0.2) is 0 Å². The molecular formula is C13H18BrNO. The molecule has 88 valence electrons. The zero-order chi connectivity index (χ0) is 11.5. The number of hydrogen-bond donors (Lipinski definition) is 1. The van der Waals surface area contributed by atoms with Gasteiger partial charge in [-0.3, -0.25) is 0 Å². The van der Waals surface area contributed by atoms with Crippen LogP contribution >= 0.6 is 15.9 Å². The number of rotatable bonds is 2. The van der Waals surface area contributed by atoms with Crippen molar-refractivity contribution in [3.05, 3.63) is 27.7 Å². The summed E-state index contributed by atoms with van der Waals surface area (Å²) >= 11 is 3.57. The molecule has 2 rings (SSSR count). The minimum atomic E-state index is 0.633. The number of halogens is 1. The Morgan fingerprint density at radius 2 is 2.00 bits per heavy atom. The van der Waals surface area contributed by atoms with E-state index in [1.54, 1.807) is 7.11 Å². The van der Waals surface area contributed by atoms with Crippen molar-refractivity contribution >= 4 is 15.9 Å². The fourth-order valence-electron chi connectivity index (χ4n) is 2.50. The molecular weight excluding hydrogens is 266 g/mol. The van der Waals surface area contributed by atoms with Crippen LogP contribution in [0.1, 0.15) is 29.9 Å². The molecule has 2 nitrogen and oxygen atoms in total. The van der Waals surface area contributed by atoms with Gasteiger partial charge in [0.05, 0.1) is 11.6 Å². The fraction of sp³-hybridized carbons (Fsp3) is 0.538. The average molecular weight is 284 g/mol. The molecule has 1 N–H and O–H groups in total. The number of aryl methyl sites for hydroxylation is 1. The number of ether oxygens (including phenoxy) is 1. The Balaban J connectivity index is 2.40. The first-order valence-corrected chi connectivity index (χ1v) is 6.57. The first-order valence-electron chi connectivity index (χ1n) is 5.77. The summed E-state index contributed by atoms with van der Waals surface area (Å²) in [6, 6.07) is 4.24. The number of methoxy groups -OCH3 is 1. The lowest BCUT2D eigenvalue weighted by atomic mass is 9.87. The van der Waals surface area contributed by atoms with Crippen molar-refractivity contribution in [1.82, 2.24) is 5.32 Å². The highest BCUT2D eigenvalue weighted by Gasteiger charge is 2.22. The molecule has 1 aromatic rings. The molecule has 1 aromatic carbocycles. The summed E-state index contributed by atoms with van der Waals surface area (Å²) in [6.07, 6.45) is 2.40. The molecule has 0 amide bonds. The lowest BCUT2D eigenvalue weighted by Gasteiger charge is -2.26. The topological polar surface area (TPSA) is 21.3 Å². The molecule has 1 saturated heterocycles. The predicted molar refractivity (Wildman–Crippen MR) is 70.3 cm³/mol. The summed E-state index contributed by atoms with van der Waals surface area (Å²) in [6.45, 7) is 4.39. The highest BCUT2D eigenvalue weighted by Crippen LogP contribution is 2.39. The maximum atomic E-state index is 5.54. The highest BCUT2D eigenvalue weighted by atomic mass is 79.9. The molecule has 1 heterocycles. The van der Waals surface area contributed by atoms with Gasteiger partial charge in [0.2, 0.25) is 0 Å². The molecule has 0 saturated carbocycles. The van der Waals surface area contributed by atoms with Crippen LogP contribution in [0.4, 0.5) is 0 Å². The molecule has 0 unspecified atom stereocenters. The van der Waals surface area contributed by atoms with Crippen LogP contribution in [0.5, 0.6) is 5.75 Å². The monoisotopic (exact) mass is 283 g/mol. The zero-order valence-electron chi connectivity index (χ0n) is 9.85. The maximum Gasteiger partial charge on any atom is 0.136 e. The van der Waals surface area contributed by atoms with E-state index in [0.29, 0.717) is 5.92 Å². The molecule has 0 aliphatic carbocycles. The largest absolute Gasteiger partial charge is 0.495 e. The van der Waals surface area contributed by atoms with E-state index in [0.717, 1.165) is 23.3 Å². The second-order valence-corrected chi connectivity index (χ2v) is 5.19. The van der Waals surface area contributed by atoms with Crippen LogP contribution < -0.4 is 10.1 Å². The molecule has 1 aliphatic rings. The Labute approximate surface area is 106 Å². The van der Waals surface area contributed by atoms with Gasteiger partial charge in [-0.25, -0.2) is 0 Å². The van der Waals surface area contributed by atoms with Crippen LogP contribution in [0.15, 0.2) is 16.6 Å². The zero-order valence-corrected chi connectivity index (χ0v) is 11.4. The smallest absolute Gasteiger partial charge is 0.136 e. The predicted octanol–water partition coefficient (Wildman–Crippen LogP) is 3.23. The van der Waals surface area contributed by atoms with Crippen LogP contribution in [0.2, 0.25) is 0 Å². The normalized spacial score (nSPS) is 17.4. The summed E-state index contributed by atoms with van der Waals surface area (Å²) in [4.78, 5) is 0. The van der Waals surface area contributed by atoms with E-state index >= 15 is 0 Å². The third-order valence-electron chi connectivity index (χ3n) is 3.32. The molecule has 1 aliphatic heterocycles. The van der Waals surface area contributed by atoms with E-state index in [2.05, 4.69) is 40.3 Å². The van der Waals surface area contributed by atoms with E-state index in [1.165, 1.54) is 24.0 Å². The van der Waals surface area contributed by atoms with Crippen molar-refractivity contribution in [2.24, 2.45) is 0 Å². The third kappa shape index (κ3) is 2.25. The summed E-state index contributed by atoms with van der Waals surface area (Å²) in [5.74, 6) is 1.65. The molecule has 0 radical (unpaired) electrons. The van der Waals surface area contributed by atoms with Crippen molar-refractivity contribution in [2.45, 2.75) is 25.7 Å². The van der Waals surface area contributed by atoms with Crippen LogP contribution in [-0.4, -0.2) is 20.2 Å². The van der Waals surface area contributed by atoms with E-state index in [-0.39, 0.29) is 0 Å². The molecule has 0 bridgehead atoms. The first-order chi connectivity index (χ1) is 7.74. The standard InChI is InChI=1S/C13H18BrNO/c1-9-3-4-11(14)13(16-2)12(9)10-5-7-15-8-6-10/h3-4,10,15H,5-8H2,1-2H3. The number of piperidine rings is 1. The Morgan fingerprint density at radius 1 is 1.31 bits per heavy atom. The van der Waals surface area contributed by atoms with Gasteiger partial charge in [0.1, 0.15) is 5.75 Å². The highest BCUT2D eigenvalue weighted by molar-refractivity contribution is 9.10. The number of hydrogen-bond acceptors (Lipinski definition) is 2. The van der Waals surface area contributed by atoms with Gasteiger partial charge >= 0.3 is 0 Å². The molecule has 0 aromatic heterocycles. The molecule has 16 heavy (non-hydrogen) atoms. The van der Waals surface area contributed by atoms with Crippen LogP contribution in [0.25, 0.3) is 0 Å². The summed E-state index contributed by atoms with van der Waals surface area (Å²) in [5.41, 5.74) is 2.73. The summed E-state index contributed by atoms with van der Waals surface area (Å²) in [5, 5.41) is 3.40. The van der Waals surface area contributed by atoms with Crippen molar-refractivity contribution < 1.29 is 4.74 Å². The Bertz CT molecular complexity index is 372. The average Bonchev–Trinajstić information content (AvgIpc) is 2.33. The van der Waals surface area contributed by atoms with E-state index < -0.39 is 0 Å². The molecule has 0 spiro atoms. The van der Waals surface area contributed by atoms with Gasteiger partial charge in [-0.05, 0) is 66.3 Å². The van der Waals surface area contributed by atoms with Crippen LogP contribution in [0.3, 0.4) is 0 Å². The fourth-order valence-corrected chi connectivity index (χ4v) is 3.00. The second kappa shape index (κ2) is 5.19. The van der Waals surface area contributed by atoms with Crippen LogP contribution in [-0.2, 0) is 0 Å². The minimum absolute atomic E-state index is 0.633. The first kappa shape index (κ1) is 11.9. The summed E-state index contributed by atoms with van der Waals surface area (Å²) in [7, 11) is 1.75. The quantitative estimate of drug-likeness (QED) is 0.900. The lowest BCUT2D eigenvalue weighted by Crippen LogP contribution is -2.27. The van der Waals surface area contributed by atoms with Gasteiger partial charge in [-0.2, -0.15) is 0 Å². The van der Waals surface area contributed by atoms with Gasteiger partial charge < -0.3 is 10.1 Å². The number of benzene rings is 1. The van der Waals surface area contributed by atoms with E-state index in [1.807, 2.05) is 0 Å². The van der Waals surface area contributed by atoms with E-state index in [9.17, 15) is 0 Å². The van der Waals surface area contributed by atoms with Crippen molar-refractivity contribution in [1.29, 1.82) is 0 Å². The van der Waals surface area contributed by atoms with Crippen molar-refractivity contribution in [3.8, 4) is 5.75 Å². The molecule has 1 fully saturated rings. The third-order valence-corrected chi connectivity index (χ3v) is 3.94. The molecule has 0 atom stereocenters. The van der Waals surface area contributed by atoms with Crippen molar-refractivity contribution in [3.63, 3.8) is 0 Å². The minimum Gasteiger partial charge on any atom is -0.495 e. The van der Waals surface area contributed by atoms with Gasteiger partial charge in [0, 0.05) is 5.56 Å². The summed E-state index contributed by atoms with van der Waals surface area (Å²) < 4.78 is 6.61. The molecule has 3 heteroatoms. The Hall–Kier alpha value is -0.540. The lowest BCUT2D eigenvalue weighted by molar-refractivity contribution is 0.388. The van der Waals surface area contributed by atoms with Crippen molar-refractivity contribution in [2.75, 3.05) is 20.2 Å².